The van der Waals surface area contributed by atoms with E-state index in [1.807, 2.05) is 61.5 Å². The van der Waals surface area contributed by atoms with Gasteiger partial charge in [0.25, 0.3) is 11.8 Å². The number of hydrogen-bond acceptors (Lipinski definition) is 2. The average Bonchev–Trinajstić information content (AvgIpc) is 2.75. The summed E-state index contributed by atoms with van der Waals surface area (Å²) < 4.78 is 0. The Morgan fingerprint density at radius 3 is 1.97 bits per heavy atom. The second-order valence-corrected chi connectivity index (χ2v) is 7.19. The van der Waals surface area contributed by atoms with E-state index in [0.717, 1.165) is 5.69 Å². The predicted molar refractivity (Wildman–Crippen MR) is 119 cm³/mol. The first-order chi connectivity index (χ1) is 14.0. The minimum Gasteiger partial charge on any atom is -0.322 e. The zero-order chi connectivity index (χ0) is 20.8. The molecule has 1 N–H and O–H groups in total. The van der Waals surface area contributed by atoms with E-state index in [4.69, 9.17) is 0 Å². The number of para-hydroxylation sites is 1. The van der Waals surface area contributed by atoms with Gasteiger partial charge in [0.1, 0.15) is 0 Å². The van der Waals surface area contributed by atoms with Gasteiger partial charge in [0.05, 0.1) is 0 Å². The molecule has 0 atom stereocenters. The van der Waals surface area contributed by atoms with Gasteiger partial charge < -0.3 is 10.2 Å². The monoisotopic (exact) mass is 386 g/mol. The number of hydrogen-bond donors (Lipinski definition) is 1. The van der Waals surface area contributed by atoms with E-state index in [2.05, 4.69) is 19.2 Å². The lowest BCUT2D eigenvalue weighted by Gasteiger charge is -2.21. The summed E-state index contributed by atoms with van der Waals surface area (Å²) in [6.45, 7) is 6.77. The Kier molecular flexibility index (Phi) is 6.45. The van der Waals surface area contributed by atoms with Crippen LogP contribution in [0.15, 0.2) is 78.9 Å². The Balaban J connectivity index is 1.69. The molecular weight excluding hydrogens is 360 g/mol. The maximum atomic E-state index is 12.9. The van der Waals surface area contributed by atoms with Crippen LogP contribution in [0.5, 0.6) is 0 Å². The van der Waals surface area contributed by atoms with E-state index in [-0.39, 0.29) is 11.8 Å². The normalized spacial score (nSPS) is 10.6. The number of amides is 2. The van der Waals surface area contributed by atoms with E-state index in [0.29, 0.717) is 29.3 Å². The molecular formula is C25H26N2O2. The van der Waals surface area contributed by atoms with Crippen molar-refractivity contribution in [2.45, 2.75) is 26.7 Å². The molecule has 4 nitrogen and oxygen atoms in total. The third-order valence-corrected chi connectivity index (χ3v) is 4.86. The summed E-state index contributed by atoms with van der Waals surface area (Å²) in [6.07, 6.45) is 0. The van der Waals surface area contributed by atoms with Gasteiger partial charge in [-0.3, -0.25) is 9.59 Å². The average molecular weight is 386 g/mol. The summed E-state index contributed by atoms with van der Waals surface area (Å²) in [7, 11) is 0. The van der Waals surface area contributed by atoms with Crippen molar-refractivity contribution in [1.29, 1.82) is 0 Å². The van der Waals surface area contributed by atoms with E-state index in [1.54, 1.807) is 29.2 Å². The molecule has 0 fully saturated rings. The minimum absolute atomic E-state index is 0.0687. The lowest BCUT2D eigenvalue weighted by Crippen LogP contribution is -2.30. The van der Waals surface area contributed by atoms with Gasteiger partial charge in [0, 0.05) is 29.0 Å². The molecule has 3 aromatic carbocycles. The molecule has 29 heavy (non-hydrogen) atoms. The quantitative estimate of drug-likeness (QED) is 0.588. The van der Waals surface area contributed by atoms with Crippen molar-refractivity contribution in [2.24, 2.45) is 0 Å². The standard InChI is InChI=1S/C25H26N2O2/c1-4-27(23-8-6-5-7-9-23)25(29)21-14-16-22(17-15-21)26-24(28)20-12-10-19(11-13-20)18(2)3/h5-18H,4H2,1-3H3,(H,26,28). The molecule has 0 aromatic heterocycles. The number of nitrogens with one attached hydrogen (secondary N) is 1. The Labute approximate surface area is 172 Å². The summed E-state index contributed by atoms with van der Waals surface area (Å²) in [5, 5.41) is 2.88. The molecule has 3 aromatic rings. The van der Waals surface area contributed by atoms with Crippen LogP contribution in [0.1, 0.15) is 53.0 Å². The van der Waals surface area contributed by atoms with Gasteiger partial charge in [-0.1, -0.05) is 44.2 Å². The van der Waals surface area contributed by atoms with Gasteiger partial charge in [0.15, 0.2) is 0 Å². The molecule has 4 heteroatoms. The molecule has 0 radical (unpaired) electrons. The highest BCUT2D eigenvalue weighted by atomic mass is 16.2. The zero-order valence-corrected chi connectivity index (χ0v) is 17.1. The number of carbonyl (C=O) groups is 2. The van der Waals surface area contributed by atoms with E-state index >= 15 is 0 Å². The lowest BCUT2D eigenvalue weighted by molar-refractivity contribution is 0.0987. The van der Waals surface area contributed by atoms with Crippen LogP contribution in [-0.4, -0.2) is 18.4 Å². The van der Waals surface area contributed by atoms with Crippen LogP contribution < -0.4 is 10.2 Å². The molecule has 0 bridgehead atoms. The molecule has 0 aliphatic heterocycles. The molecule has 2 amide bonds. The Morgan fingerprint density at radius 1 is 0.828 bits per heavy atom. The van der Waals surface area contributed by atoms with E-state index in [1.165, 1.54) is 5.56 Å². The Morgan fingerprint density at radius 2 is 1.41 bits per heavy atom. The van der Waals surface area contributed by atoms with Crippen molar-refractivity contribution in [3.05, 3.63) is 95.6 Å². The molecule has 0 saturated carbocycles. The van der Waals surface area contributed by atoms with Crippen LogP contribution in [0, 0.1) is 0 Å². The Hall–Kier alpha value is -3.40. The fraction of sp³-hybridized carbons (Fsp3) is 0.200. The third-order valence-electron chi connectivity index (χ3n) is 4.86. The molecule has 0 unspecified atom stereocenters. The number of carbonyl (C=O) groups excluding carboxylic acids is 2. The summed E-state index contributed by atoms with van der Waals surface area (Å²) >= 11 is 0. The molecule has 0 aliphatic rings. The van der Waals surface area contributed by atoms with E-state index < -0.39 is 0 Å². The van der Waals surface area contributed by atoms with Crippen LogP contribution in [0.3, 0.4) is 0 Å². The van der Waals surface area contributed by atoms with Crippen molar-refractivity contribution in [1.82, 2.24) is 0 Å². The van der Waals surface area contributed by atoms with Crippen LogP contribution in [0.4, 0.5) is 11.4 Å². The maximum absolute atomic E-state index is 12.9. The van der Waals surface area contributed by atoms with Crippen LogP contribution in [0.25, 0.3) is 0 Å². The molecule has 3 rings (SSSR count). The van der Waals surface area contributed by atoms with Crippen molar-refractivity contribution in [2.75, 3.05) is 16.8 Å². The van der Waals surface area contributed by atoms with Gasteiger partial charge in [-0.15, -0.1) is 0 Å². The first-order valence-corrected chi connectivity index (χ1v) is 9.88. The van der Waals surface area contributed by atoms with Gasteiger partial charge >= 0.3 is 0 Å². The fourth-order valence-electron chi connectivity index (χ4n) is 3.13. The highest BCUT2D eigenvalue weighted by molar-refractivity contribution is 6.07. The van der Waals surface area contributed by atoms with Gasteiger partial charge in [-0.05, 0) is 66.9 Å². The van der Waals surface area contributed by atoms with Gasteiger partial charge in [0.2, 0.25) is 0 Å². The smallest absolute Gasteiger partial charge is 0.258 e. The molecule has 0 heterocycles. The highest BCUT2D eigenvalue weighted by Gasteiger charge is 2.16. The summed E-state index contributed by atoms with van der Waals surface area (Å²) in [4.78, 5) is 27.1. The third kappa shape index (κ3) is 4.91. The number of benzene rings is 3. The second-order valence-electron chi connectivity index (χ2n) is 7.19. The molecule has 0 spiro atoms. The summed E-state index contributed by atoms with van der Waals surface area (Å²) in [5.74, 6) is 0.190. The highest BCUT2D eigenvalue weighted by Crippen LogP contribution is 2.19. The van der Waals surface area contributed by atoms with Crippen molar-refractivity contribution < 1.29 is 9.59 Å². The SMILES string of the molecule is CCN(C(=O)c1ccc(NC(=O)c2ccc(C(C)C)cc2)cc1)c1ccccc1. The fourth-order valence-corrected chi connectivity index (χ4v) is 3.13. The van der Waals surface area contributed by atoms with Gasteiger partial charge in [-0.25, -0.2) is 0 Å². The zero-order valence-electron chi connectivity index (χ0n) is 17.1. The van der Waals surface area contributed by atoms with Crippen molar-refractivity contribution in [3.63, 3.8) is 0 Å². The Bertz CT molecular complexity index is 962. The first kappa shape index (κ1) is 20.3. The summed E-state index contributed by atoms with van der Waals surface area (Å²) in [6, 6.07) is 24.2. The second kappa shape index (κ2) is 9.20. The predicted octanol–water partition coefficient (Wildman–Crippen LogP) is 5.73. The number of rotatable bonds is 6. The van der Waals surface area contributed by atoms with Crippen molar-refractivity contribution >= 4 is 23.2 Å². The molecule has 0 saturated heterocycles. The van der Waals surface area contributed by atoms with E-state index in [9.17, 15) is 9.59 Å². The summed E-state index contributed by atoms with van der Waals surface area (Å²) in [5.41, 5.74) is 3.90. The van der Waals surface area contributed by atoms with Crippen LogP contribution in [-0.2, 0) is 0 Å². The largest absolute Gasteiger partial charge is 0.322 e. The maximum Gasteiger partial charge on any atom is 0.258 e. The minimum atomic E-state index is -0.168. The first-order valence-electron chi connectivity index (χ1n) is 9.88. The lowest BCUT2D eigenvalue weighted by atomic mass is 10.0. The van der Waals surface area contributed by atoms with Crippen LogP contribution in [0.2, 0.25) is 0 Å². The number of nitrogens with zero attached hydrogens (tertiary/aromatic N) is 1. The molecule has 148 valence electrons. The van der Waals surface area contributed by atoms with Crippen molar-refractivity contribution in [3.8, 4) is 0 Å². The topological polar surface area (TPSA) is 49.4 Å². The van der Waals surface area contributed by atoms with Gasteiger partial charge in [-0.2, -0.15) is 0 Å². The van der Waals surface area contributed by atoms with Crippen LogP contribution >= 0.6 is 0 Å². The molecule has 0 aliphatic carbocycles. The number of anilines is 2.